The third-order valence-corrected chi connectivity index (χ3v) is 14.3. The molecule has 0 aromatic carbocycles. The van der Waals surface area contributed by atoms with Gasteiger partial charge in [0.15, 0.2) is 0 Å². The molecule has 2 nitrogen and oxygen atoms in total. The number of allylic oxidation sites excluding steroid dienone is 2. The average Bonchev–Trinajstić information content (AvgIpc) is 1.89. The quantitative estimate of drug-likeness (QED) is 0.469. The fraction of sp³-hybridized carbons (Fsp3) is 0.750. The summed E-state index contributed by atoms with van der Waals surface area (Å²) in [4.78, 5) is 0. The molecule has 0 atom stereocenters. The third-order valence-electron chi connectivity index (χ3n) is 2.13. The van der Waals surface area contributed by atoms with Gasteiger partial charge in [-0.1, -0.05) is 0 Å². The Morgan fingerprint density at radius 3 is 1.21 bits per heavy atom. The molecule has 0 aromatic heterocycles. The van der Waals surface area contributed by atoms with Gasteiger partial charge in [0, 0.05) is 0 Å². The Bertz CT molecular complexity index is 298. The fourth-order valence-corrected chi connectivity index (χ4v) is 15.2. The molecule has 0 radical (unpaired) electrons. The molecule has 3 heteroatoms. The summed E-state index contributed by atoms with van der Waals surface area (Å²) < 4.78 is 14.7. The molecule has 0 aliphatic heterocycles. The van der Waals surface area contributed by atoms with Crippen LogP contribution in [0.1, 0.15) is 55.4 Å². The van der Waals surface area contributed by atoms with Crippen LogP contribution in [-0.2, 0) is 6.15 Å². The summed E-state index contributed by atoms with van der Waals surface area (Å²) in [7, 11) is 0. The minimum atomic E-state index is -3.26. The van der Waals surface area contributed by atoms with Crippen LogP contribution in [0, 0.1) is 0 Å². The second kappa shape index (κ2) is 6.77. The summed E-state index contributed by atoms with van der Waals surface area (Å²) in [6.07, 6.45) is 0. The zero-order valence-electron chi connectivity index (χ0n) is 14.1. The van der Waals surface area contributed by atoms with Gasteiger partial charge in [0.1, 0.15) is 0 Å². The van der Waals surface area contributed by atoms with Crippen molar-refractivity contribution in [2.24, 2.45) is 0 Å². The maximum absolute atomic E-state index is 6.49. The molecule has 0 aliphatic rings. The number of hydrogen-bond acceptors (Lipinski definition) is 2. The van der Waals surface area contributed by atoms with Crippen molar-refractivity contribution in [1.82, 2.24) is 0 Å². The molecule has 0 unspecified atom stereocenters. The first kappa shape index (κ1) is 19.2. The zero-order valence-corrected chi connectivity index (χ0v) is 17.0. The van der Waals surface area contributed by atoms with Gasteiger partial charge in [-0.05, 0) is 0 Å². The Balaban J connectivity index is 5.43. The predicted octanol–water partition coefficient (Wildman–Crippen LogP) is 5.21. The second-order valence-corrected chi connectivity index (χ2v) is 16.0. The normalized spacial score (nSPS) is 13.5. The Morgan fingerprint density at radius 2 is 1.05 bits per heavy atom. The first-order valence-corrected chi connectivity index (χ1v) is 13.3. The van der Waals surface area contributed by atoms with Gasteiger partial charge >= 0.3 is 125 Å². The molecular formula is C16H32O2Sn. The summed E-state index contributed by atoms with van der Waals surface area (Å²) in [6.45, 7) is 24.8. The van der Waals surface area contributed by atoms with Gasteiger partial charge < -0.3 is 0 Å². The van der Waals surface area contributed by atoms with Crippen molar-refractivity contribution in [3.05, 3.63) is 24.3 Å². The Morgan fingerprint density at radius 1 is 0.789 bits per heavy atom. The van der Waals surface area contributed by atoms with Gasteiger partial charge in [-0.25, -0.2) is 0 Å². The maximum atomic E-state index is 6.49. The van der Waals surface area contributed by atoms with Gasteiger partial charge in [-0.3, -0.25) is 0 Å². The summed E-state index contributed by atoms with van der Waals surface area (Å²) in [6, 6.07) is 0. The van der Waals surface area contributed by atoms with Gasteiger partial charge in [-0.15, -0.1) is 0 Å². The second-order valence-electron chi connectivity index (χ2n) is 7.61. The average molecular weight is 375 g/mol. The molecule has 0 spiro atoms. The third kappa shape index (κ3) is 9.69. The van der Waals surface area contributed by atoms with E-state index in [2.05, 4.69) is 68.5 Å². The number of rotatable bonds is 6. The van der Waals surface area contributed by atoms with E-state index in [0.29, 0.717) is 0 Å². The van der Waals surface area contributed by atoms with Gasteiger partial charge in [0.2, 0.25) is 0 Å². The van der Waals surface area contributed by atoms with E-state index in [1.807, 2.05) is 0 Å². The molecule has 0 fully saturated rings. The van der Waals surface area contributed by atoms with E-state index < -0.39 is 19.2 Å². The van der Waals surface area contributed by atoms with E-state index >= 15 is 0 Å². The first-order valence-electron chi connectivity index (χ1n) is 6.94. The summed E-state index contributed by atoms with van der Waals surface area (Å²) in [5.41, 5.74) is 1.91. The Kier molecular flexibility index (Phi) is 6.84. The van der Waals surface area contributed by atoms with Crippen molar-refractivity contribution >= 4 is 19.2 Å². The van der Waals surface area contributed by atoms with Crippen LogP contribution < -0.4 is 0 Å². The number of hydrogen-bond donors (Lipinski definition) is 0. The van der Waals surface area contributed by atoms with Gasteiger partial charge in [0.05, 0.1) is 0 Å². The summed E-state index contributed by atoms with van der Waals surface area (Å²) in [5, 5.41) is 0. The molecule has 0 saturated heterocycles. The van der Waals surface area contributed by atoms with Crippen LogP contribution in [0.5, 0.6) is 0 Å². The molecule has 112 valence electrons. The van der Waals surface area contributed by atoms with Crippen LogP contribution in [0.15, 0.2) is 24.3 Å². The Hall–Kier alpha value is 0.199. The van der Waals surface area contributed by atoms with Crippen LogP contribution in [-0.4, -0.2) is 30.4 Å². The first-order chi connectivity index (χ1) is 8.25. The van der Waals surface area contributed by atoms with Crippen molar-refractivity contribution in [2.45, 2.75) is 75.5 Å². The predicted molar refractivity (Wildman–Crippen MR) is 86.7 cm³/mol. The molecule has 0 amide bonds. The molecule has 0 aromatic rings. The van der Waals surface area contributed by atoms with Crippen molar-refractivity contribution in [1.29, 1.82) is 0 Å². The summed E-state index contributed by atoms with van der Waals surface area (Å²) >= 11 is -3.26. The Labute approximate surface area is 125 Å². The summed E-state index contributed by atoms with van der Waals surface area (Å²) in [5.74, 6) is 0. The minimum absolute atomic E-state index is 0.188. The van der Waals surface area contributed by atoms with Crippen LogP contribution >= 0.6 is 0 Å². The van der Waals surface area contributed by atoms with E-state index in [1.165, 1.54) is 0 Å². The molecule has 0 rings (SSSR count). The van der Waals surface area contributed by atoms with Crippen LogP contribution in [0.25, 0.3) is 0 Å². The van der Waals surface area contributed by atoms with Crippen LogP contribution in [0.4, 0.5) is 0 Å². The topological polar surface area (TPSA) is 18.5 Å². The molecule has 0 saturated carbocycles. The molecule has 0 bridgehead atoms. The van der Waals surface area contributed by atoms with Crippen LogP contribution in [0.2, 0.25) is 8.87 Å². The van der Waals surface area contributed by atoms with E-state index in [0.717, 1.165) is 20.0 Å². The van der Waals surface area contributed by atoms with E-state index in [4.69, 9.17) is 6.15 Å². The standard InChI is InChI=1S/2C4H9O.2C4H7.Sn/c2*1-4(2,3)5;2*1-4(2)3;/h2*1-3H3;2*1-2H2,3H3;/q2*-1;;;+2. The zero-order chi connectivity index (χ0) is 15.5. The molecular weight excluding hydrogens is 343 g/mol. The van der Waals surface area contributed by atoms with E-state index in [9.17, 15) is 0 Å². The van der Waals surface area contributed by atoms with Gasteiger partial charge in [-0.2, -0.15) is 0 Å². The van der Waals surface area contributed by atoms with Crippen LogP contribution in [0.3, 0.4) is 0 Å². The van der Waals surface area contributed by atoms with E-state index in [1.54, 1.807) is 0 Å². The SMILES string of the molecule is C=C(C)[CH2][Sn]([CH2]C(=C)C)([O]C(C)(C)C)[O]C(C)(C)C. The van der Waals surface area contributed by atoms with Gasteiger partial charge in [0.25, 0.3) is 0 Å². The fourth-order valence-electron chi connectivity index (χ4n) is 2.26. The molecule has 0 N–H and O–H groups in total. The molecule has 0 heterocycles. The van der Waals surface area contributed by atoms with Crippen molar-refractivity contribution < 1.29 is 6.15 Å². The van der Waals surface area contributed by atoms with E-state index in [-0.39, 0.29) is 11.2 Å². The molecule has 19 heavy (non-hydrogen) atoms. The van der Waals surface area contributed by atoms with Crippen molar-refractivity contribution in [3.63, 3.8) is 0 Å². The molecule has 0 aliphatic carbocycles. The van der Waals surface area contributed by atoms with Crippen molar-refractivity contribution in [3.8, 4) is 0 Å². The monoisotopic (exact) mass is 376 g/mol. The van der Waals surface area contributed by atoms with Crippen molar-refractivity contribution in [2.75, 3.05) is 0 Å².